The third-order valence-corrected chi connectivity index (χ3v) is 11.2. The van der Waals surface area contributed by atoms with Crippen molar-refractivity contribution in [1.82, 2.24) is 19.1 Å². The van der Waals surface area contributed by atoms with Crippen molar-refractivity contribution in [3.05, 3.63) is 140 Å². The van der Waals surface area contributed by atoms with Gasteiger partial charge in [-0.1, -0.05) is 91.0 Å². The van der Waals surface area contributed by atoms with E-state index in [0.29, 0.717) is 0 Å². The molecule has 2 aliphatic heterocycles. The van der Waals surface area contributed by atoms with E-state index in [2.05, 4.69) is 124 Å². The maximum Gasteiger partial charge on any atom is 0.252 e. The number of nitrogens with zero attached hydrogens (tertiary/aromatic N) is 4. The van der Waals surface area contributed by atoms with E-state index in [9.17, 15) is 0 Å². The number of fused-ring (bicyclic) bond motifs is 10. The second-order valence-corrected chi connectivity index (χ2v) is 13.7. The molecule has 2 aliphatic rings. The van der Waals surface area contributed by atoms with Crippen LogP contribution >= 0.6 is 0 Å². The summed E-state index contributed by atoms with van der Waals surface area (Å²) in [7, 11) is 0. The van der Waals surface area contributed by atoms with Gasteiger partial charge in [0.05, 0.1) is 22.1 Å². The molecular weight excluding hydrogens is 627 g/mol. The summed E-state index contributed by atoms with van der Waals surface area (Å²) >= 11 is 0. The summed E-state index contributed by atoms with van der Waals surface area (Å²) in [5.41, 5.74) is 15.8. The van der Waals surface area contributed by atoms with Crippen molar-refractivity contribution >= 4 is 89.0 Å². The molecule has 6 nitrogen and oxygen atoms in total. The van der Waals surface area contributed by atoms with Gasteiger partial charge in [-0.15, -0.1) is 0 Å². The fourth-order valence-corrected chi connectivity index (χ4v) is 9.23. The van der Waals surface area contributed by atoms with E-state index in [1.165, 1.54) is 16.4 Å². The van der Waals surface area contributed by atoms with Gasteiger partial charge in [-0.05, 0) is 64.9 Å². The summed E-state index contributed by atoms with van der Waals surface area (Å²) in [6.45, 7) is 0.0220. The maximum absolute atomic E-state index is 6.35. The number of hydrogen-bond acceptors (Lipinski definition) is 4. The topological polar surface area (TPSA) is 61.9 Å². The minimum Gasteiger partial charge on any atom is -0.456 e. The summed E-state index contributed by atoms with van der Waals surface area (Å²) in [5.74, 6) is 1.82. The SMILES string of the molecule is c1cc2c3c(c1)-n1c(-c4cccc5oc6ccccc6c45)nc4cccc(c41)B3c1cccc3nc(-c4cccc5oc6ccccc6c45)n-2c13. The van der Waals surface area contributed by atoms with E-state index >= 15 is 0 Å². The second-order valence-electron chi connectivity index (χ2n) is 13.7. The highest BCUT2D eigenvalue weighted by atomic mass is 16.3. The standard InChI is InChI=1S/C44H23BN4O2/c1-3-20-34-24(10-1)38-26(12-5-22-36(38)50-34)43-46-30-16-7-14-28-41(30)48(43)32-18-9-19-33-40(32)45(28)29-15-8-17-31-42(29)49(33)44(47-31)27-13-6-23-37-39(27)25-11-2-4-21-35(25)51-37/h1-23H. The van der Waals surface area contributed by atoms with Crippen LogP contribution in [-0.4, -0.2) is 25.8 Å². The van der Waals surface area contributed by atoms with Gasteiger partial charge < -0.3 is 8.83 Å². The van der Waals surface area contributed by atoms with Crippen LogP contribution in [0.2, 0.25) is 0 Å². The van der Waals surface area contributed by atoms with Gasteiger partial charge in [-0.2, -0.15) is 0 Å². The predicted molar refractivity (Wildman–Crippen MR) is 206 cm³/mol. The molecule has 51 heavy (non-hydrogen) atoms. The van der Waals surface area contributed by atoms with Crippen molar-refractivity contribution in [1.29, 1.82) is 0 Å². The molecule has 7 aromatic carbocycles. The van der Waals surface area contributed by atoms with Crippen LogP contribution in [0.4, 0.5) is 0 Å². The van der Waals surface area contributed by atoms with Crippen LogP contribution in [0.15, 0.2) is 148 Å². The van der Waals surface area contributed by atoms with Crippen molar-refractivity contribution in [2.45, 2.75) is 0 Å². The van der Waals surface area contributed by atoms with E-state index in [1.54, 1.807) is 0 Å². The van der Waals surface area contributed by atoms with E-state index in [1.807, 2.05) is 24.3 Å². The average molecular weight is 651 g/mol. The Balaban J connectivity index is 1.16. The van der Waals surface area contributed by atoms with Crippen molar-refractivity contribution < 1.29 is 8.83 Å². The number of aromatic nitrogens is 4. The van der Waals surface area contributed by atoms with E-state index in [4.69, 9.17) is 18.8 Å². The Morgan fingerprint density at radius 2 is 0.882 bits per heavy atom. The first-order valence-electron chi connectivity index (χ1n) is 17.3. The number of benzene rings is 7. The van der Waals surface area contributed by atoms with Crippen molar-refractivity contribution in [2.75, 3.05) is 0 Å². The van der Waals surface area contributed by atoms with Gasteiger partial charge in [-0.25, -0.2) is 9.97 Å². The van der Waals surface area contributed by atoms with Crippen LogP contribution < -0.4 is 16.4 Å². The highest BCUT2D eigenvalue weighted by Gasteiger charge is 2.41. The molecule has 0 amide bonds. The largest absolute Gasteiger partial charge is 0.456 e. The van der Waals surface area contributed by atoms with E-state index in [-0.39, 0.29) is 6.71 Å². The third kappa shape index (κ3) is 3.11. The Kier molecular flexibility index (Phi) is 4.61. The molecule has 11 aromatic rings. The summed E-state index contributed by atoms with van der Waals surface area (Å²) in [4.78, 5) is 10.8. The molecule has 4 aromatic heterocycles. The van der Waals surface area contributed by atoms with Gasteiger partial charge in [0.2, 0.25) is 0 Å². The number of para-hydroxylation sites is 4. The lowest BCUT2D eigenvalue weighted by atomic mass is 9.34. The van der Waals surface area contributed by atoms with Crippen LogP contribution in [0, 0.1) is 0 Å². The quantitative estimate of drug-likeness (QED) is 0.176. The van der Waals surface area contributed by atoms with Gasteiger partial charge in [0, 0.05) is 44.0 Å². The Morgan fingerprint density at radius 3 is 1.41 bits per heavy atom. The van der Waals surface area contributed by atoms with Gasteiger partial charge in [0.1, 0.15) is 34.0 Å². The average Bonchev–Trinajstić information content (AvgIpc) is 3.95. The Bertz CT molecular complexity index is 3130. The van der Waals surface area contributed by atoms with Gasteiger partial charge in [0.25, 0.3) is 6.71 Å². The Morgan fingerprint density at radius 1 is 0.431 bits per heavy atom. The number of imidazole rings is 2. The molecule has 234 valence electrons. The minimum atomic E-state index is 0.0220. The lowest BCUT2D eigenvalue weighted by Crippen LogP contribution is -2.59. The molecular formula is C44H23BN4O2. The lowest BCUT2D eigenvalue weighted by Gasteiger charge is -2.33. The maximum atomic E-state index is 6.35. The fourth-order valence-electron chi connectivity index (χ4n) is 9.23. The van der Waals surface area contributed by atoms with Crippen LogP contribution in [-0.2, 0) is 0 Å². The molecule has 0 saturated carbocycles. The summed E-state index contributed by atoms with van der Waals surface area (Å²) in [6, 6.07) is 49.0. The van der Waals surface area contributed by atoms with Crippen LogP contribution in [0.1, 0.15) is 0 Å². The zero-order valence-electron chi connectivity index (χ0n) is 27.0. The first-order valence-corrected chi connectivity index (χ1v) is 17.3. The second kappa shape index (κ2) is 9.03. The smallest absolute Gasteiger partial charge is 0.252 e. The third-order valence-electron chi connectivity index (χ3n) is 11.2. The highest BCUT2D eigenvalue weighted by Crippen LogP contribution is 2.42. The Hall–Kier alpha value is -6.86. The molecule has 0 spiro atoms. The van der Waals surface area contributed by atoms with Crippen LogP contribution in [0.3, 0.4) is 0 Å². The van der Waals surface area contributed by atoms with Crippen LogP contribution in [0.5, 0.6) is 0 Å². The molecule has 7 heteroatoms. The van der Waals surface area contributed by atoms with Crippen molar-refractivity contribution in [3.8, 4) is 34.2 Å². The Labute approximate surface area is 289 Å². The molecule has 13 rings (SSSR count). The summed E-state index contributed by atoms with van der Waals surface area (Å²) in [6.07, 6.45) is 0. The fraction of sp³-hybridized carbons (Fsp3) is 0. The van der Waals surface area contributed by atoms with Gasteiger partial charge in [-0.3, -0.25) is 9.13 Å². The van der Waals surface area contributed by atoms with Crippen LogP contribution in [0.25, 0.3) is 100 Å². The molecule has 0 bridgehead atoms. The number of rotatable bonds is 2. The zero-order valence-corrected chi connectivity index (χ0v) is 27.0. The molecule has 0 atom stereocenters. The molecule has 0 radical (unpaired) electrons. The van der Waals surface area contributed by atoms with E-state index in [0.717, 1.165) is 100 Å². The number of furan rings is 2. The molecule has 0 aliphatic carbocycles. The molecule has 6 heterocycles. The van der Waals surface area contributed by atoms with Crippen molar-refractivity contribution in [3.63, 3.8) is 0 Å². The normalized spacial score (nSPS) is 13.1. The van der Waals surface area contributed by atoms with Gasteiger partial charge >= 0.3 is 0 Å². The minimum absolute atomic E-state index is 0.0220. The number of hydrogen-bond donors (Lipinski definition) is 0. The highest BCUT2D eigenvalue weighted by molar-refractivity contribution is 7.00. The molecule has 0 N–H and O–H groups in total. The first-order chi connectivity index (χ1) is 25.3. The molecule has 0 saturated heterocycles. The lowest BCUT2D eigenvalue weighted by molar-refractivity contribution is 0.668. The molecule has 0 unspecified atom stereocenters. The monoisotopic (exact) mass is 650 g/mol. The predicted octanol–water partition coefficient (Wildman–Crippen LogP) is 8.64. The summed E-state index contributed by atoms with van der Waals surface area (Å²) in [5, 5.41) is 4.34. The molecule has 0 fully saturated rings. The van der Waals surface area contributed by atoms with Gasteiger partial charge in [0.15, 0.2) is 0 Å². The van der Waals surface area contributed by atoms with Crippen molar-refractivity contribution in [2.24, 2.45) is 0 Å². The first kappa shape index (κ1) is 26.1. The summed E-state index contributed by atoms with van der Waals surface area (Å²) < 4.78 is 17.5. The van der Waals surface area contributed by atoms with E-state index < -0.39 is 0 Å². The zero-order chi connectivity index (χ0) is 32.9.